The van der Waals surface area contributed by atoms with Crippen molar-refractivity contribution < 1.29 is 4.79 Å². The zero-order valence-corrected chi connectivity index (χ0v) is 14.3. The molecule has 1 saturated heterocycles. The van der Waals surface area contributed by atoms with E-state index in [2.05, 4.69) is 57.4 Å². The highest BCUT2D eigenvalue weighted by Crippen LogP contribution is 2.21. The van der Waals surface area contributed by atoms with Crippen LogP contribution in [0.4, 0.5) is 17.5 Å². The van der Waals surface area contributed by atoms with E-state index in [9.17, 15) is 4.79 Å². The monoisotopic (exact) mass is 326 g/mol. The minimum atomic E-state index is 0.110. The van der Waals surface area contributed by atoms with Gasteiger partial charge in [-0.2, -0.15) is 10.1 Å². The number of nitrogens with one attached hydrogen (secondary N) is 1. The van der Waals surface area contributed by atoms with Gasteiger partial charge in [0.1, 0.15) is 0 Å². The van der Waals surface area contributed by atoms with Crippen molar-refractivity contribution >= 4 is 23.4 Å². The summed E-state index contributed by atoms with van der Waals surface area (Å²) in [6.07, 6.45) is 1.62. The molecule has 1 amide bonds. The van der Waals surface area contributed by atoms with Crippen molar-refractivity contribution in [3.8, 4) is 0 Å². The van der Waals surface area contributed by atoms with Gasteiger partial charge in [0.05, 0.1) is 6.20 Å². The Hall–Kier alpha value is -2.70. The van der Waals surface area contributed by atoms with E-state index in [4.69, 9.17) is 0 Å². The van der Waals surface area contributed by atoms with E-state index >= 15 is 0 Å². The average molecular weight is 326 g/mol. The second-order valence-corrected chi connectivity index (χ2v) is 6.08. The van der Waals surface area contributed by atoms with Gasteiger partial charge in [0.2, 0.25) is 11.9 Å². The number of carbonyl (C=O) groups excluding carboxylic acids is 1. The minimum absolute atomic E-state index is 0.110. The van der Waals surface area contributed by atoms with E-state index in [0.29, 0.717) is 37.9 Å². The Kier molecular flexibility index (Phi) is 4.59. The molecule has 3 rings (SSSR count). The van der Waals surface area contributed by atoms with Crippen LogP contribution in [0.2, 0.25) is 0 Å². The molecule has 7 heteroatoms. The van der Waals surface area contributed by atoms with Crippen molar-refractivity contribution in [2.45, 2.75) is 20.8 Å². The van der Waals surface area contributed by atoms with Gasteiger partial charge in [-0.25, -0.2) is 0 Å². The molecule has 1 N–H and O–H groups in total. The highest BCUT2D eigenvalue weighted by atomic mass is 16.2. The predicted octanol–water partition coefficient (Wildman–Crippen LogP) is 1.90. The van der Waals surface area contributed by atoms with Gasteiger partial charge in [0.15, 0.2) is 5.82 Å². The molecule has 0 atom stereocenters. The van der Waals surface area contributed by atoms with Gasteiger partial charge in [-0.3, -0.25) is 4.79 Å². The summed E-state index contributed by atoms with van der Waals surface area (Å²) >= 11 is 0. The summed E-state index contributed by atoms with van der Waals surface area (Å²) in [5, 5.41) is 11.5. The van der Waals surface area contributed by atoms with Gasteiger partial charge in [-0.05, 0) is 31.0 Å². The fourth-order valence-electron chi connectivity index (χ4n) is 2.72. The van der Waals surface area contributed by atoms with Gasteiger partial charge in [-0.15, -0.1) is 5.10 Å². The molecule has 0 spiro atoms. The third-order valence-electron chi connectivity index (χ3n) is 4.21. The number of rotatable bonds is 3. The molecule has 0 radical (unpaired) electrons. The first kappa shape index (κ1) is 16.2. The zero-order valence-electron chi connectivity index (χ0n) is 14.3. The summed E-state index contributed by atoms with van der Waals surface area (Å²) in [4.78, 5) is 19.9. The highest BCUT2D eigenvalue weighted by molar-refractivity contribution is 5.73. The second kappa shape index (κ2) is 6.82. The van der Waals surface area contributed by atoms with Gasteiger partial charge in [0.25, 0.3) is 0 Å². The molecule has 24 heavy (non-hydrogen) atoms. The number of nitrogens with zero attached hydrogens (tertiary/aromatic N) is 5. The Balaban J connectivity index is 1.73. The molecule has 0 bridgehead atoms. The van der Waals surface area contributed by atoms with E-state index in [1.165, 1.54) is 5.56 Å². The number of piperazine rings is 1. The molecule has 0 saturated carbocycles. The first-order chi connectivity index (χ1) is 11.5. The lowest BCUT2D eigenvalue weighted by atomic mass is 10.1. The van der Waals surface area contributed by atoms with E-state index in [0.717, 1.165) is 11.3 Å². The minimum Gasteiger partial charge on any atom is -0.339 e. The number of aryl methyl sites for hydroxylation is 2. The van der Waals surface area contributed by atoms with Crippen LogP contribution in [0, 0.1) is 13.8 Å². The molecular formula is C17H22N6O. The molecule has 7 nitrogen and oxygen atoms in total. The van der Waals surface area contributed by atoms with E-state index in [-0.39, 0.29) is 5.91 Å². The summed E-state index contributed by atoms with van der Waals surface area (Å²) in [5.41, 5.74) is 3.35. The van der Waals surface area contributed by atoms with Crippen LogP contribution in [0.3, 0.4) is 0 Å². The Labute approximate surface area is 141 Å². The number of aromatic nitrogens is 3. The molecule has 0 unspecified atom stereocenters. The predicted molar refractivity (Wildman–Crippen MR) is 93.5 cm³/mol. The molecule has 2 aromatic rings. The van der Waals surface area contributed by atoms with Crippen molar-refractivity contribution in [2.24, 2.45) is 0 Å². The molecule has 1 aliphatic rings. The van der Waals surface area contributed by atoms with Crippen molar-refractivity contribution in [3.63, 3.8) is 0 Å². The van der Waals surface area contributed by atoms with Gasteiger partial charge in [0, 0.05) is 38.8 Å². The Morgan fingerprint density at radius 2 is 1.92 bits per heavy atom. The largest absolute Gasteiger partial charge is 0.339 e. The molecular weight excluding hydrogens is 304 g/mol. The quantitative estimate of drug-likeness (QED) is 0.928. The van der Waals surface area contributed by atoms with Crippen molar-refractivity contribution in [2.75, 3.05) is 36.4 Å². The maximum Gasteiger partial charge on any atom is 0.247 e. The third-order valence-corrected chi connectivity index (χ3v) is 4.21. The van der Waals surface area contributed by atoms with Gasteiger partial charge >= 0.3 is 0 Å². The van der Waals surface area contributed by atoms with Crippen LogP contribution >= 0.6 is 0 Å². The fourth-order valence-corrected chi connectivity index (χ4v) is 2.72. The normalized spacial score (nSPS) is 14.6. The van der Waals surface area contributed by atoms with Crippen LogP contribution in [-0.4, -0.2) is 52.2 Å². The Bertz CT molecular complexity index is 740. The third kappa shape index (κ3) is 3.61. The summed E-state index contributed by atoms with van der Waals surface area (Å²) in [6.45, 7) is 8.52. The number of carbonyl (C=O) groups is 1. The van der Waals surface area contributed by atoms with E-state index in [1.807, 2.05) is 4.90 Å². The molecule has 0 aliphatic carbocycles. The van der Waals surface area contributed by atoms with Crippen LogP contribution in [0.1, 0.15) is 18.1 Å². The molecule has 1 fully saturated rings. The summed E-state index contributed by atoms with van der Waals surface area (Å²) in [7, 11) is 0. The number of benzene rings is 1. The smallest absolute Gasteiger partial charge is 0.247 e. The molecule has 1 aromatic heterocycles. The zero-order chi connectivity index (χ0) is 17.1. The van der Waals surface area contributed by atoms with Crippen molar-refractivity contribution in [1.82, 2.24) is 20.1 Å². The van der Waals surface area contributed by atoms with Crippen LogP contribution in [0.15, 0.2) is 24.4 Å². The molecule has 2 heterocycles. The standard InChI is InChI=1S/C17H22N6O/c1-12-4-5-13(2)15(10-12)19-16-11-18-21-17(20-16)23-8-6-22(7-9-23)14(3)24/h4-5,10-11H,6-9H2,1-3H3,(H,19,20,21). The number of hydrogen-bond donors (Lipinski definition) is 1. The maximum absolute atomic E-state index is 11.4. The van der Waals surface area contributed by atoms with Crippen LogP contribution in [0.5, 0.6) is 0 Å². The lowest BCUT2D eigenvalue weighted by Gasteiger charge is -2.33. The first-order valence-electron chi connectivity index (χ1n) is 8.07. The second-order valence-electron chi connectivity index (χ2n) is 6.08. The number of hydrogen-bond acceptors (Lipinski definition) is 6. The lowest BCUT2D eigenvalue weighted by Crippen LogP contribution is -2.48. The summed E-state index contributed by atoms with van der Waals surface area (Å²) < 4.78 is 0. The fraction of sp³-hybridized carbons (Fsp3) is 0.412. The maximum atomic E-state index is 11.4. The number of anilines is 3. The highest BCUT2D eigenvalue weighted by Gasteiger charge is 2.21. The average Bonchev–Trinajstić information content (AvgIpc) is 2.58. The molecule has 126 valence electrons. The number of amides is 1. The van der Waals surface area contributed by atoms with Gasteiger partial charge < -0.3 is 15.1 Å². The summed E-state index contributed by atoms with van der Waals surface area (Å²) in [6, 6.07) is 6.25. The Morgan fingerprint density at radius 1 is 1.17 bits per heavy atom. The van der Waals surface area contributed by atoms with Crippen LogP contribution in [-0.2, 0) is 4.79 Å². The topological polar surface area (TPSA) is 74.2 Å². The van der Waals surface area contributed by atoms with Crippen LogP contribution < -0.4 is 10.2 Å². The summed E-state index contributed by atoms with van der Waals surface area (Å²) in [5.74, 6) is 1.37. The van der Waals surface area contributed by atoms with E-state index in [1.54, 1.807) is 13.1 Å². The van der Waals surface area contributed by atoms with Crippen molar-refractivity contribution in [3.05, 3.63) is 35.5 Å². The van der Waals surface area contributed by atoms with E-state index < -0.39 is 0 Å². The van der Waals surface area contributed by atoms with Crippen LogP contribution in [0.25, 0.3) is 0 Å². The molecule has 1 aliphatic heterocycles. The molecule has 1 aromatic carbocycles. The first-order valence-corrected chi connectivity index (χ1v) is 8.07. The Morgan fingerprint density at radius 3 is 2.62 bits per heavy atom. The lowest BCUT2D eigenvalue weighted by molar-refractivity contribution is -0.129. The van der Waals surface area contributed by atoms with Gasteiger partial charge in [-0.1, -0.05) is 12.1 Å². The van der Waals surface area contributed by atoms with Crippen molar-refractivity contribution in [1.29, 1.82) is 0 Å². The SMILES string of the molecule is CC(=O)N1CCN(c2nncc(Nc3cc(C)ccc3C)n2)CC1.